The number of rotatable bonds is 9. The van der Waals surface area contributed by atoms with Crippen LogP contribution >= 0.6 is 22.9 Å². The first kappa shape index (κ1) is 25.3. The van der Waals surface area contributed by atoms with Crippen molar-refractivity contribution in [1.82, 2.24) is 35.1 Å². The van der Waals surface area contributed by atoms with Gasteiger partial charge in [-0.05, 0) is 50.5 Å². The molecule has 0 saturated heterocycles. The van der Waals surface area contributed by atoms with Gasteiger partial charge in [0.05, 0.1) is 33.2 Å². The molecule has 12 heteroatoms. The largest absolute Gasteiger partial charge is 0.351 e. The number of pyridine rings is 1. The van der Waals surface area contributed by atoms with Gasteiger partial charge < -0.3 is 15.5 Å². The Morgan fingerprint density at radius 1 is 1.08 bits per heavy atom. The Bertz CT molecular complexity index is 1440. The molecule has 4 aromatic rings. The van der Waals surface area contributed by atoms with Crippen molar-refractivity contribution < 1.29 is 9.59 Å². The number of nitrogens with zero attached hydrogens (tertiary/aromatic N) is 5. The van der Waals surface area contributed by atoms with E-state index in [0.29, 0.717) is 44.9 Å². The van der Waals surface area contributed by atoms with Crippen molar-refractivity contribution in [3.8, 4) is 11.4 Å². The summed E-state index contributed by atoms with van der Waals surface area (Å²) in [4.78, 5) is 40.2. The number of likely N-dealkylation sites (N-methyl/N-ethyl adjacent to an activating group) is 1. The zero-order chi connectivity index (χ0) is 25.7. The van der Waals surface area contributed by atoms with Crippen molar-refractivity contribution in [3.63, 3.8) is 0 Å². The highest BCUT2D eigenvalue weighted by Gasteiger charge is 2.17. The van der Waals surface area contributed by atoms with E-state index in [-0.39, 0.29) is 23.9 Å². The first-order valence-electron chi connectivity index (χ1n) is 11.0. The van der Waals surface area contributed by atoms with E-state index in [9.17, 15) is 14.4 Å². The molecule has 3 heterocycles. The van der Waals surface area contributed by atoms with Crippen LogP contribution in [0.25, 0.3) is 11.4 Å². The lowest BCUT2D eigenvalue weighted by Crippen LogP contribution is -2.32. The van der Waals surface area contributed by atoms with E-state index in [2.05, 4.69) is 20.9 Å². The van der Waals surface area contributed by atoms with E-state index >= 15 is 0 Å². The van der Waals surface area contributed by atoms with E-state index in [4.69, 9.17) is 11.6 Å². The molecule has 1 aromatic carbocycles. The molecule has 0 aliphatic heterocycles. The first-order valence-corrected chi connectivity index (χ1v) is 12.2. The molecule has 186 valence electrons. The summed E-state index contributed by atoms with van der Waals surface area (Å²) >= 11 is 7.09. The summed E-state index contributed by atoms with van der Waals surface area (Å²) in [5.74, 6) is -0.572. The number of benzene rings is 1. The van der Waals surface area contributed by atoms with E-state index in [0.717, 1.165) is 0 Å². The van der Waals surface area contributed by atoms with Crippen LogP contribution in [0.15, 0.2) is 65.7 Å². The fourth-order valence-electron chi connectivity index (χ4n) is 3.38. The summed E-state index contributed by atoms with van der Waals surface area (Å²) in [6.07, 6.45) is 3.28. The molecule has 10 nitrogen and oxygen atoms in total. The lowest BCUT2D eigenvalue weighted by atomic mass is 10.1. The fraction of sp³-hybridized carbons (Fsp3) is 0.208. The normalized spacial score (nSPS) is 11.0. The third-order valence-electron chi connectivity index (χ3n) is 5.18. The summed E-state index contributed by atoms with van der Waals surface area (Å²) in [7, 11) is 3.84. The van der Waals surface area contributed by atoms with Gasteiger partial charge >= 0.3 is 0 Å². The number of thiophene rings is 1. The van der Waals surface area contributed by atoms with Gasteiger partial charge in [-0.15, -0.1) is 16.4 Å². The molecule has 0 atom stereocenters. The summed E-state index contributed by atoms with van der Waals surface area (Å²) in [6.45, 7) is 1.26. The number of halogens is 1. The number of carbonyl (C=O) groups excluding carboxylic acids is 2. The topological polar surface area (TPSA) is 114 Å². The number of carbonyl (C=O) groups is 2. The minimum Gasteiger partial charge on any atom is -0.351 e. The van der Waals surface area contributed by atoms with Crippen LogP contribution in [-0.4, -0.2) is 63.5 Å². The monoisotopic (exact) mass is 525 g/mol. The van der Waals surface area contributed by atoms with Gasteiger partial charge in [0.2, 0.25) is 0 Å². The molecule has 0 unspecified atom stereocenters. The lowest BCUT2D eigenvalue weighted by molar-refractivity contribution is 0.0944. The number of amides is 2. The Morgan fingerprint density at radius 2 is 1.92 bits per heavy atom. The maximum Gasteiger partial charge on any atom is 0.261 e. The Hall–Kier alpha value is -3.80. The van der Waals surface area contributed by atoms with Gasteiger partial charge in [-0.25, -0.2) is 4.68 Å². The average molecular weight is 526 g/mol. The molecule has 3 aromatic heterocycles. The molecule has 0 saturated carbocycles. The Balaban J connectivity index is 1.59. The van der Waals surface area contributed by atoms with E-state index in [1.54, 1.807) is 54.9 Å². The van der Waals surface area contributed by atoms with Gasteiger partial charge in [0.1, 0.15) is 5.69 Å². The van der Waals surface area contributed by atoms with Crippen LogP contribution < -0.4 is 16.2 Å². The SMILES string of the molecule is CN(C)CCNC(=O)c1cc(-n2ccccc2=O)ccc1-n1cc(CNC(=O)c2ccc(Cl)s2)nn1. The molecule has 0 spiro atoms. The van der Waals surface area contributed by atoms with Gasteiger partial charge in [-0.2, -0.15) is 0 Å². The molecule has 2 amide bonds. The van der Waals surface area contributed by atoms with Crippen molar-refractivity contribution in [1.29, 1.82) is 0 Å². The average Bonchev–Trinajstić information content (AvgIpc) is 3.51. The second-order valence-electron chi connectivity index (χ2n) is 8.11. The highest BCUT2D eigenvalue weighted by Crippen LogP contribution is 2.21. The summed E-state index contributed by atoms with van der Waals surface area (Å²) in [6, 6.07) is 13.3. The molecular formula is C24H24ClN7O3S. The molecule has 4 rings (SSSR count). The third-order valence-corrected chi connectivity index (χ3v) is 6.41. The second kappa shape index (κ2) is 11.3. The zero-order valence-electron chi connectivity index (χ0n) is 19.6. The predicted molar refractivity (Wildman–Crippen MR) is 138 cm³/mol. The van der Waals surface area contributed by atoms with E-state index in [1.165, 1.54) is 26.7 Å². The van der Waals surface area contributed by atoms with E-state index < -0.39 is 0 Å². The van der Waals surface area contributed by atoms with Crippen LogP contribution in [0.4, 0.5) is 0 Å². The first-order chi connectivity index (χ1) is 17.3. The van der Waals surface area contributed by atoms with Crippen LogP contribution in [0.2, 0.25) is 4.34 Å². The van der Waals surface area contributed by atoms with Crippen molar-refractivity contribution >= 4 is 34.8 Å². The second-order valence-corrected chi connectivity index (χ2v) is 9.83. The lowest BCUT2D eigenvalue weighted by Gasteiger charge is -2.14. The number of aromatic nitrogens is 4. The van der Waals surface area contributed by atoms with Crippen molar-refractivity contribution in [2.75, 3.05) is 27.2 Å². The smallest absolute Gasteiger partial charge is 0.261 e. The molecule has 36 heavy (non-hydrogen) atoms. The van der Waals surface area contributed by atoms with Crippen molar-refractivity contribution in [3.05, 3.63) is 91.7 Å². The number of hydrogen-bond donors (Lipinski definition) is 2. The molecule has 0 bridgehead atoms. The van der Waals surface area contributed by atoms with Gasteiger partial charge in [-0.3, -0.25) is 19.0 Å². The van der Waals surface area contributed by atoms with Crippen LogP contribution in [0.3, 0.4) is 0 Å². The molecule has 0 aliphatic rings. The van der Waals surface area contributed by atoms with Crippen LogP contribution in [0, 0.1) is 0 Å². The zero-order valence-corrected chi connectivity index (χ0v) is 21.2. The highest BCUT2D eigenvalue weighted by molar-refractivity contribution is 7.17. The third kappa shape index (κ3) is 6.06. The van der Waals surface area contributed by atoms with Crippen LogP contribution in [-0.2, 0) is 6.54 Å². The summed E-state index contributed by atoms with van der Waals surface area (Å²) in [5, 5.41) is 14.0. The molecule has 2 N–H and O–H groups in total. The number of hydrogen-bond acceptors (Lipinski definition) is 7. The quantitative estimate of drug-likeness (QED) is 0.347. The minimum atomic E-state index is -0.308. The van der Waals surface area contributed by atoms with Gasteiger partial charge in [-0.1, -0.05) is 22.9 Å². The molecule has 0 radical (unpaired) electrons. The fourth-order valence-corrected chi connectivity index (χ4v) is 4.34. The Labute approximate surface area is 216 Å². The van der Waals surface area contributed by atoms with Gasteiger partial charge in [0, 0.05) is 31.0 Å². The maximum absolute atomic E-state index is 13.1. The minimum absolute atomic E-state index is 0.149. The molecule has 0 aliphatic carbocycles. The van der Waals surface area contributed by atoms with Gasteiger partial charge in [0.25, 0.3) is 17.4 Å². The van der Waals surface area contributed by atoms with E-state index in [1.807, 2.05) is 19.0 Å². The van der Waals surface area contributed by atoms with Gasteiger partial charge in [0.15, 0.2) is 0 Å². The standard InChI is InChI=1S/C24H24ClN7O3S/c1-30(2)12-10-26-23(34)18-13-17(31-11-4-3-5-22(31)33)6-7-19(18)32-15-16(28-29-32)14-27-24(35)20-8-9-21(25)36-20/h3-9,11,13,15H,10,12,14H2,1-2H3,(H,26,34)(H,27,35). The predicted octanol–water partition coefficient (Wildman–Crippen LogP) is 2.35. The number of nitrogens with one attached hydrogen (secondary N) is 2. The van der Waals surface area contributed by atoms with Crippen LogP contribution in [0.1, 0.15) is 25.7 Å². The summed E-state index contributed by atoms with van der Waals surface area (Å²) < 4.78 is 3.46. The maximum atomic E-state index is 13.1. The Morgan fingerprint density at radius 3 is 2.64 bits per heavy atom. The summed E-state index contributed by atoms with van der Waals surface area (Å²) in [5.41, 5.74) is 1.66. The Kier molecular flexibility index (Phi) is 7.93. The van der Waals surface area contributed by atoms with Crippen molar-refractivity contribution in [2.45, 2.75) is 6.54 Å². The van der Waals surface area contributed by atoms with Crippen molar-refractivity contribution in [2.24, 2.45) is 0 Å². The molecular weight excluding hydrogens is 502 g/mol. The van der Waals surface area contributed by atoms with Crippen LogP contribution in [0.5, 0.6) is 0 Å². The molecule has 0 fully saturated rings. The highest BCUT2D eigenvalue weighted by atomic mass is 35.5.